The van der Waals surface area contributed by atoms with E-state index in [0.29, 0.717) is 11.5 Å². The van der Waals surface area contributed by atoms with Crippen LogP contribution >= 0.6 is 11.3 Å². The van der Waals surface area contributed by atoms with Crippen molar-refractivity contribution >= 4 is 39.1 Å². The largest absolute Gasteiger partial charge is 0.481 e. The average Bonchev–Trinajstić information content (AvgIpc) is 3.16. The van der Waals surface area contributed by atoms with Crippen molar-refractivity contribution in [3.05, 3.63) is 58.1 Å². The number of fused-ring (bicyclic) bond motifs is 1. The molecule has 34 heavy (non-hydrogen) atoms. The van der Waals surface area contributed by atoms with Crippen LogP contribution < -0.4 is 5.32 Å². The smallest absolute Gasteiger partial charge is 0.305 e. The molecule has 1 saturated carbocycles. The van der Waals surface area contributed by atoms with Gasteiger partial charge in [-0.2, -0.15) is 0 Å². The lowest BCUT2D eigenvalue weighted by atomic mass is 9.82. The molecule has 1 aliphatic carbocycles. The molecule has 1 atom stereocenters. The van der Waals surface area contributed by atoms with Gasteiger partial charge < -0.3 is 15.3 Å². The maximum Gasteiger partial charge on any atom is 0.305 e. The van der Waals surface area contributed by atoms with Gasteiger partial charge >= 0.3 is 5.97 Å². The van der Waals surface area contributed by atoms with Crippen LogP contribution in [-0.4, -0.2) is 40.5 Å². The molecule has 0 bridgehead atoms. The summed E-state index contributed by atoms with van der Waals surface area (Å²) in [5.74, 6) is -0.515. The molecule has 7 heteroatoms. The quantitative estimate of drug-likeness (QED) is 0.402. The number of carboxylic acid groups (broad SMARTS) is 1. The van der Waals surface area contributed by atoms with Crippen molar-refractivity contribution in [3.8, 4) is 0 Å². The number of pyridine rings is 1. The molecule has 3 aromatic rings. The lowest BCUT2D eigenvalue weighted by molar-refractivity contribution is -0.137. The molecule has 2 N–H and O–H groups in total. The third kappa shape index (κ3) is 5.41. The molecule has 6 nitrogen and oxygen atoms in total. The van der Waals surface area contributed by atoms with Crippen LogP contribution in [0.1, 0.15) is 70.9 Å². The van der Waals surface area contributed by atoms with Gasteiger partial charge in [0.2, 0.25) is 0 Å². The molecule has 1 amide bonds. The van der Waals surface area contributed by atoms with E-state index in [2.05, 4.69) is 25.2 Å². The highest BCUT2D eigenvalue weighted by atomic mass is 32.1. The van der Waals surface area contributed by atoms with Crippen LogP contribution in [0.5, 0.6) is 0 Å². The van der Waals surface area contributed by atoms with E-state index in [4.69, 9.17) is 10.1 Å². The Balaban J connectivity index is 1.57. The van der Waals surface area contributed by atoms with Gasteiger partial charge in [0.25, 0.3) is 5.91 Å². The van der Waals surface area contributed by atoms with Gasteiger partial charge in [0.05, 0.1) is 22.7 Å². The first-order valence-corrected chi connectivity index (χ1v) is 12.8. The number of aromatic nitrogens is 1. The summed E-state index contributed by atoms with van der Waals surface area (Å²) in [6, 6.07) is 9.99. The number of hydrogen-bond acceptors (Lipinski definition) is 5. The van der Waals surface area contributed by atoms with Crippen LogP contribution in [0.2, 0.25) is 0 Å². The molecule has 1 fully saturated rings. The van der Waals surface area contributed by atoms with Crippen molar-refractivity contribution in [2.24, 2.45) is 5.92 Å². The molecular weight excluding hydrogens is 446 g/mol. The number of carbonyl (C=O) groups excluding carboxylic acids is 1. The number of carboxylic acids is 1. The Morgan fingerprint density at radius 3 is 2.56 bits per heavy atom. The van der Waals surface area contributed by atoms with Crippen LogP contribution in [0.3, 0.4) is 0 Å². The molecular formula is C27H33N3O3S. The molecule has 0 saturated heterocycles. The third-order valence-electron chi connectivity index (χ3n) is 6.80. The molecule has 180 valence electrons. The number of carbonyl (C=O) groups is 2. The Hall–Kier alpha value is -2.93. The topological polar surface area (TPSA) is 82.5 Å². The SMILES string of the molecule is Cc1cnc2c(C)c(C(Nc3ccc(C(=O)N(C)CCC(=O)O)cc3)C3CCCCC3)sc2c1. The number of hydrogen-bond donors (Lipinski definition) is 2. The van der Waals surface area contributed by atoms with E-state index in [1.165, 1.54) is 57.7 Å². The van der Waals surface area contributed by atoms with Crippen molar-refractivity contribution in [1.29, 1.82) is 0 Å². The van der Waals surface area contributed by atoms with Crippen LogP contribution in [-0.2, 0) is 4.79 Å². The summed E-state index contributed by atoms with van der Waals surface area (Å²) < 4.78 is 1.24. The zero-order chi connectivity index (χ0) is 24.2. The minimum Gasteiger partial charge on any atom is -0.481 e. The number of thiophene rings is 1. The zero-order valence-electron chi connectivity index (χ0n) is 20.1. The van der Waals surface area contributed by atoms with E-state index < -0.39 is 5.97 Å². The fourth-order valence-electron chi connectivity index (χ4n) is 4.85. The molecule has 2 aromatic heterocycles. The van der Waals surface area contributed by atoms with Gasteiger partial charge in [0.1, 0.15) is 0 Å². The van der Waals surface area contributed by atoms with E-state index in [1.807, 2.05) is 41.8 Å². The van der Waals surface area contributed by atoms with Gasteiger partial charge in [-0.05, 0) is 74.1 Å². The maximum absolute atomic E-state index is 12.6. The summed E-state index contributed by atoms with van der Waals surface area (Å²) in [4.78, 5) is 31.0. The highest BCUT2D eigenvalue weighted by molar-refractivity contribution is 7.19. The van der Waals surface area contributed by atoms with Crippen molar-refractivity contribution in [2.75, 3.05) is 18.9 Å². The number of aryl methyl sites for hydroxylation is 2. The third-order valence-corrected chi connectivity index (χ3v) is 8.11. The predicted octanol–water partition coefficient (Wildman–Crippen LogP) is 6.19. The van der Waals surface area contributed by atoms with Crippen molar-refractivity contribution < 1.29 is 14.7 Å². The lowest BCUT2D eigenvalue weighted by Crippen LogP contribution is -2.29. The molecule has 2 heterocycles. The molecule has 4 rings (SSSR count). The lowest BCUT2D eigenvalue weighted by Gasteiger charge is -2.31. The Bertz CT molecular complexity index is 1170. The molecule has 1 aromatic carbocycles. The summed E-state index contributed by atoms with van der Waals surface area (Å²) in [5, 5.41) is 12.7. The highest BCUT2D eigenvalue weighted by Gasteiger charge is 2.29. The van der Waals surface area contributed by atoms with E-state index in [1.54, 1.807) is 7.05 Å². The van der Waals surface area contributed by atoms with Gasteiger partial charge in [0.15, 0.2) is 0 Å². The molecule has 0 spiro atoms. The highest BCUT2D eigenvalue weighted by Crippen LogP contribution is 2.43. The van der Waals surface area contributed by atoms with Crippen LogP contribution in [0, 0.1) is 19.8 Å². The molecule has 0 aliphatic heterocycles. The van der Waals surface area contributed by atoms with Gasteiger partial charge in [-0.25, -0.2) is 0 Å². The van der Waals surface area contributed by atoms with Crippen LogP contribution in [0.25, 0.3) is 10.2 Å². The zero-order valence-corrected chi connectivity index (χ0v) is 21.0. The summed E-state index contributed by atoms with van der Waals surface area (Å²) in [5.41, 5.74) is 5.08. The number of benzene rings is 1. The maximum atomic E-state index is 12.6. The minimum absolute atomic E-state index is 0.0617. The number of anilines is 1. The van der Waals surface area contributed by atoms with E-state index >= 15 is 0 Å². The monoisotopic (exact) mass is 479 g/mol. The number of amides is 1. The van der Waals surface area contributed by atoms with Gasteiger partial charge in [-0.15, -0.1) is 11.3 Å². The van der Waals surface area contributed by atoms with Crippen LogP contribution in [0.4, 0.5) is 5.69 Å². The fraction of sp³-hybridized carbons (Fsp3) is 0.444. The number of nitrogens with zero attached hydrogens (tertiary/aromatic N) is 2. The fourth-order valence-corrected chi connectivity index (χ4v) is 6.26. The molecule has 1 unspecified atom stereocenters. The number of aliphatic carboxylic acids is 1. The summed E-state index contributed by atoms with van der Waals surface area (Å²) in [7, 11) is 1.64. The predicted molar refractivity (Wildman–Crippen MR) is 138 cm³/mol. The number of nitrogens with one attached hydrogen (secondary N) is 1. The summed E-state index contributed by atoms with van der Waals surface area (Å²) in [6.45, 7) is 4.46. The van der Waals surface area contributed by atoms with Crippen molar-refractivity contribution in [2.45, 2.75) is 58.4 Å². The normalized spacial score (nSPS) is 15.3. The number of rotatable bonds is 8. The van der Waals surface area contributed by atoms with Gasteiger partial charge in [0, 0.05) is 35.9 Å². The first kappa shape index (κ1) is 24.2. The second-order valence-electron chi connectivity index (χ2n) is 9.42. The van der Waals surface area contributed by atoms with E-state index in [0.717, 1.165) is 11.2 Å². The minimum atomic E-state index is -0.908. The average molecular weight is 480 g/mol. The Labute approximate surface area is 205 Å². The van der Waals surface area contributed by atoms with E-state index in [9.17, 15) is 9.59 Å². The first-order chi connectivity index (χ1) is 16.3. The standard InChI is InChI=1S/C27H33N3O3S/c1-17-15-22-24(28-16-17)18(2)26(34-22)25(19-7-5-4-6-8-19)29-21-11-9-20(10-12-21)27(33)30(3)14-13-23(31)32/h9-12,15-16,19,25,29H,4-8,13-14H2,1-3H3,(H,31,32). The summed E-state index contributed by atoms with van der Waals surface area (Å²) >= 11 is 1.85. The van der Waals surface area contributed by atoms with Crippen molar-refractivity contribution in [3.63, 3.8) is 0 Å². The molecule has 0 radical (unpaired) electrons. The Morgan fingerprint density at radius 2 is 1.88 bits per heavy atom. The van der Waals surface area contributed by atoms with E-state index in [-0.39, 0.29) is 24.9 Å². The summed E-state index contributed by atoms with van der Waals surface area (Å²) in [6.07, 6.45) is 8.14. The van der Waals surface area contributed by atoms with Gasteiger partial charge in [-0.1, -0.05) is 19.3 Å². The van der Waals surface area contributed by atoms with Crippen LogP contribution in [0.15, 0.2) is 36.5 Å². The van der Waals surface area contributed by atoms with Crippen molar-refractivity contribution in [1.82, 2.24) is 9.88 Å². The second-order valence-corrected chi connectivity index (χ2v) is 10.5. The first-order valence-electron chi connectivity index (χ1n) is 12.0. The second kappa shape index (κ2) is 10.6. The Morgan fingerprint density at radius 1 is 1.18 bits per heavy atom. The van der Waals surface area contributed by atoms with Gasteiger partial charge in [-0.3, -0.25) is 14.6 Å². The Kier molecular flexibility index (Phi) is 7.51. The molecule has 1 aliphatic rings.